The highest BCUT2D eigenvalue weighted by atomic mass is 16.3. The van der Waals surface area contributed by atoms with Gasteiger partial charge in [0, 0.05) is 44.8 Å². The molecular weight excluding hydrogens is 872 g/mol. The second-order valence-corrected chi connectivity index (χ2v) is 27.0. The van der Waals surface area contributed by atoms with E-state index in [4.69, 9.17) is 4.42 Å². The van der Waals surface area contributed by atoms with E-state index in [1.165, 1.54) is 143 Å². The van der Waals surface area contributed by atoms with Gasteiger partial charge in [-0.15, -0.1) is 0 Å². The van der Waals surface area contributed by atoms with Crippen LogP contribution in [-0.2, 0) is 32.5 Å². The Labute approximate surface area is 430 Å². The van der Waals surface area contributed by atoms with Crippen molar-refractivity contribution in [3.8, 4) is 22.3 Å². The van der Waals surface area contributed by atoms with Crippen LogP contribution in [0.4, 0.5) is 28.4 Å². The first kappa shape index (κ1) is 45.8. The van der Waals surface area contributed by atoms with Crippen LogP contribution in [0, 0.1) is 13.8 Å². The van der Waals surface area contributed by atoms with Crippen molar-refractivity contribution < 1.29 is 4.42 Å². The average Bonchev–Trinajstić information content (AvgIpc) is 3.71. The van der Waals surface area contributed by atoms with Crippen molar-refractivity contribution in [2.75, 3.05) is 9.71 Å². The molecular formula is C68H73BN2O. The predicted molar refractivity (Wildman–Crippen MR) is 308 cm³/mol. The number of benzene rings is 7. The Hall–Kier alpha value is -6.00. The molecule has 0 unspecified atom stereocenters. The minimum Gasteiger partial charge on any atom is -0.455 e. The van der Waals surface area contributed by atoms with Crippen LogP contribution in [0.2, 0.25) is 0 Å². The molecule has 7 aromatic carbocycles. The van der Waals surface area contributed by atoms with E-state index in [2.05, 4.69) is 222 Å². The van der Waals surface area contributed by atoms with Gasteiger partial charge < -0.3 is 14.1 Å². The first-order valence-corrected chi connectivity index (χ1v) is 27.2. The fourth-order valence-electron chi connectivity index (χ4n) is 14.5. The summed E-state index contributed by atoms with van der Waals surface area (Å²) in [6.45, 7) is 33.9. The first-order valence-electron chi connectivity index (χ1n) is 27.2. The van der Waals surface area contributed by atoms with Gasteiger partial charge in [0.2, 0.25) is 0 Å². The molecule has 0 radical (unpaired) electrons. The molecule has 72 heavy (non-hydrogen) atoms. The van der Waals surface area contributed by atoms with Gasteiger partial charge in [0.05, 0.1) is 0 Å². The summed E-state index contributed by atoms with van der Waals surface area (Å²) in [5.74, 6) is 0. The molecule has 0 fully saturated rings. The first-order chi connectivity index (χ1) is 34.0. The minimum atomic E-state index is -0.110. The molecule has 4 heteroatoms. The minimum absolute atomic E-state index is 0.0428. The highest BCUT2D eigenvalue weighted by molar-refractivity contribution is 6.93. The molecule has 13 rings (SSSR count). The lowest BCUT2D eigenvalue weighted by Crippen LogP contribution is -2.61. The van der Waals surface area contributed by atoms with Crippen molar-refractivity contribution >= 4 is 68.1 Å². The number of fused-ring (bicyclic) bond motifs is 11. The Balaban J connectivity index is 1.15. The molecule has 364 valence electrons. The Morgan fingerprint density at radius 2 is 1.03 bits per heavy atom. The predicted octanol–water partition coefficient (Wildman–Crippen LogP) is 17.6. The van der Waals surface area contributed by atoms with Crippen molar-refractivity contribution in [1.29, 1.82) is 0 Å². The van der Waals surface area contributed by atoms with Gasteiger partial charge in [0.25, 0.3) is 0 Å². The van der Waals surface area contributed by atoms with Crippen molar-refractivity contribution in [1.82, 2.24) is 0 Å². The summed E-state index contributed by atoms with van der Waals surface area (Å²) in [7, 11) is 0. The molecule has 3 nitrogen and oxygen atoms in total. The van der Waals surface area contributed by atoms with Crippen LogP contribution < -0.4 is 20.6 Å². The van der Waals surface area contributed by atoms with Crippen LogP contribution in [0.5, 0.6) is 0 Å². The molecule has 1 aromatic heterocycles. The van der Waals surface area contributed by atoms with E-state index in [0.717, 1.165) is 24.0 Å². The SMILES string of the molecule is Cc1cc2c3c(c1)N(c1cc4c(cc1C)C(C)(C)CCC4(C)C)c1cc(-c4ccccc4)ccc1B3N(c1ccc3c(c1)C(C)(C)CCC3(C)C)c1ccc3c(oc4cc5c(cc43)C(C)(C)CCC5(C)C)c1-2. The number of rotatable bonds is 3. The Morgan fingerprint density at radius 1 is 0.444 bits per heavy atom. The summed E-state index contributed by atoms with van der Waals surface area (Å²) in [5, 5.41) is 2.42. The summed E-state index contributed by atoms with van der Waals surface area (Å²) >= 11 is 0. The summed E-state index contributed by atoms with van der Waals surface area (Å²) in [5.41, 5.74) is 27.6. The second-order valence-electron chi connectivity index (χ2n) is 27.0. The number of furan rings is 1. The highest BCUT2D eigenvalue weighted by Crippen LogP contribution is 2.56. The molecule has 0 atom stereocenters. The largest absolute Gasteiger partial charge is 0.455 e. The number of anilines is 5. The third-order valence-corrected chi connectivity index (χ3v) is 19.4. The van der Waals surface area contributed by atoms with Crippen LogP contribution in [0.3, 0.4) is 0 Å². The van der Waals surface area contributed by atoms with E-state index in [0.29, 0.717) is 0 Å². The second kappa shape index (κ2) is 14.8. The topological polar surface area (TPSA) is 19.6 Å². The Morgan fingerprint density at radius 3 is 1.68 bits per heavy atom. The Bertz CT molecular complexity index is 3630. The molecule has 0 saturated heterocycles. The van der Waals surface area contributed by atoms with Gasteiger partial charge >= 0.3 is 6.85 Å². The van der Waals surface area contributed by atoms with Crippen LogP contribution in [-0.4, -0.2) is 6.85 Å². The molecule has 3 heterocycles. The number of aryl methyl sites for hydroxylation is 2. The van der Waals surface area contributed by atoms with Gasteiger partial charge in [0.1, 0.15) is 11.2 Å². The normalized spacial score (nSPS) is 20.1. The lowest BCUT2D eigenvalue weighted by molar-refractivity contribution is 0.332. The quantitative estimate of drug-likeness (QED) is 0.165. The number of hydrogen-bond acceptors (Lipinski definition) is 3. The van der Waals surface area contributed by atoms with E-state index in [9.17, 15) is 0 Å². The lowest BCUT2D eigenvalue weighted by Gasteiger charge is -2.48. The van der Waals surface area contributed by atoms with Crippen molar-refractivity contribution in [2.24, 2.45) is 0 Å². The van der Waals surface area contributed by atoms with E-state index < -0.39 is 0 Å². The van der Waals surface area contributed by atoms with Crippen LogP contribution in [0.15, 0.2) is 120 Å². The Kier molecular flexibility index (Phi) is 9.44. The monoisotopic (exact) mass is 945 g/mol. The average molecular weight is 945 g/mol. The third-order valence-electron chi connectivity index (χ3n) is 19.4. The molecule has 0 N–H and O–H groups in total. The molecule has 5 aliphatic rings. The molecule has 3 aliphatic carbocycles. The highest BCUT2D eigenvalue weighted by Gasteiger charge is 2.48. The molecule has 0 amide bonds. The van der Waals surface area contributed by atoms with Gasteiger partial charge in [-0.1, -0.05) is 144 Å². The number of hydrogen-bond donors (Lipinski definition) is 0. The van der Waals surface area contributed by atoms with Crippen LogP contribution in [0.1, 0.15) is 166 Å². The molecule has 0 spiro atoms. The molecule has 0 bridgehead atoms. The summed E-state index contributed by atoms with van der Waals surface area (Å²) in [4.78, 5) is 5.40. The third kappa shape index (κ3) is 6.48. The zero-order chi connectivity index (χ0) is 50.4. The maximum Gasteiger partial charge on any atom is 0.333 e. The van der Waals surface area contributed by atoms with Gasteiger partial charge in [-0.3, -0.25) is 0 Å². The summed E-state index contributed by atoms with van der Waals surface area (Å²) < 4.78 is 7.47. The maximum atomic E-state index is 7.47. The summed E-state index contributed by atoms with van der Waals surface area (Å²) in [6, 6.07) is 45.8. The zero-order valence-corrected chi connectivity index (χ0v) is 45.6. The van der Waals surface area contributed by atoms with Gasteiger partial charge in [-0.2, -0.15) is 0 Å². The maximum absolute atomic E-state index is 7.47. The zero-order valence-electron chi connectivity index (χ0n) is 45.6. The van der Waals surface area contributed by atoms with Crippen molar-refractivity contribution in [3.63, 3.8) is 0 Å². The lowest BCUT2D eigenvalue weighted by atomic mass is 9.43. The van der Waals surface area contributed by atoms with E-state index in [-0.39, 0.29) is 39.3 Å². The van der Waals surface area contributed by atoms with E-state index in [1.807, 2.05) is 0 Å². The van der Waals surface area contributed by atoms with Crippen molar-refractivity contribution in [3.05, 3.63) is 160 Å². The van der Waals surface area contributed by atoms with Gasteiger partial charge in [-0.05, 0) is 212 Å². The van der Waals surface area contributed by atoms with Crippen LogP contribution >= 0.6 is 0 Å². The fraction of sp³-hybridized carbons (Fsp3) is 0.382. The smallest absolute Gasteiger partial charge is 0.333 e. The molecule has 8 aromatic rings. The van der Waals surface area contributed by atoms with E-state index in [1.54, 1.807) is 0 Å². The van der Waals surface area contributed by atoms with Crippen molar-refractivity contribution in [2.45, 2.75) is 168 Å². The van der Waals surface area contributed by atoms with Gasteiger partial charge in [-0.25, -0.2) is 0 Å². The molecule has 2 aliphatic heterocycles. The molecule has 0 saturated carbocycles. The number of nitrogens with zero attached hydrogens (tertiary/aromatic N) is 2. The van der Waals surface area contributed by atoms with Crippen LogP contribution in [0.25, 0.3) is 44.2 Å². The fourth-order valence-corrected chi connectivity index (χ4v) is 14.5. The summed E-state index contributed by atoms with van der Waals surface area (Å²) in [6.07, 6.45) is 7.04. The standard InChI is InChI=1S/C68H73BN2O/c1-40-32-47-60-55(25-22-45-46-37-51-53(39-59(46)72-62(45)60)68(13,14)31-29-66(51,9)10)71(44-21-23-48-50(36-44)65(7,8)27-26-63(48,3)4)69-54-24-20-43(42-18-16-15-17-19-42)35-57(54)70(58(33-40)61(47)69)56-38-52-49(34-41(56)2)64(5,6)28-30-67(52,11)12/h15-25,32-39H,26-31H2,1-14H3. The van der Waals surface area contributed by atoms with E-state index >= 15 is 0 Å². The van der Waals surface area contributed by atoms with Gasteiger partial charge in [0.15, 0.2) is 0 Å².